The van der Waals surface area contributed by atoms with Crippen molar-refractivity contribution in [1.82, 2.24) is 10.1 Å². The molecule has 0 bridgehead atoms. The van der Waals surface area contributed by atoms with E-state index in [9.17, 15) is 4.79 Å². The summed E-state index contributed by atoms with van der Waals surface area (Å²) in [5, 5.41) is 4.13. The van der Waals surface area contributed by atoms with Gasteiger partial charge in [-0.1, -0.05) is 23.4 Å². The van der Waals surface area contributed by atoms with E-state index in [1.807, 2.05) is 43.3 Å². The van der Waals surface area contributed by atoms with Crippen LogP contribution in [0.4, 0.5) is 5.69 Å². The standard InChI is InChI=1S/C22H23N3O3/c1-13-5-8-19(27-4)18(9-13)25-12-17(11-20(25)26)22-23-21(24-28-22)16-7-6-14(2)15(3)10-16/h5-10,17H,11-12H2,1-4H3. The minimum absolute atomic E-state index is 0.0276. The number of carbonyl (C=O) groups excluding carboxylic acids is 1. The highest BCUT2D eigenvalue weighted by Crippen LogP contribution is 2.37. The molecule has 6 heteroatoms. The molecule has 0 spiro atoms. The maximum Gasteiger partial charge on any atom is 0.232 e. The third-order valence-electron chi connectivity index (χ3n) is 5.31. The first kappa shape index (κ1) is 18.2. The van der Waals surface area contributed by atoms with Gasteiger partial charge in [-0.3, -0.25) is 4.79 Å². The minimum Gasteiger partial charge on any atom is -0.495 e. The van der Waals surface area contributed by atoms with Crippen LogP contribution in [0.25, 0.3) is 11.4 Å². The molecule has 2 heterocycles. The molecule has 1 aromatic heterocycles. The Morgan fingerprint density at radius 1 is 1.11 bits per heavy atom. The Balaban J connectivity index is 1.59. The zero-order valence-corrected chi connectivity index (χ0v) is 16.5. The Kier molecular flexibility index (Phi) is 4.63. The third kappa shape index (κ3) is 3.26. The van der Waals surface area contributed by atoms with Gasteiger partial charge in [0.05, 0.1) is 18.7 Å². The number of anilines is 1. The molecule has 1 aliphatic heterocycles. The van der Waals surface area contributed by atoms with Crippen molar-refractivity contribution in [2.75, 3.05) is 18.6 Å². The van der Waals surface area contributed by atoms with Crippen molar-refractivity contribution in [2.45, 2.75) is 33.1 Å². The van der Waals surface area contributed by atoms with Crippen LogP contribution in [0.1, 0.15) is 34.9 Å². The van der Waals surface area contributed by atoms with E-state index < -0.39 is 0 Å². The highest BCUT2D eigenvalue weighted by Gasteiger charge is 2.36. The number of nitrogens with zero attached hydrogens (tertiary/aromatic N) is 3. The molecule has 3 aromatic rings. The van der Waals surface area contributed by atoms with Crippen LogP contribution >= 0.6 is 0 Å². The largest absolute Gasteiger partial charge is 0.495 e. The maximum atomic E-state index is 12.7. The highest BCUT2D eigenvalue weighted by molar-refractivity contribution is 5.97. The molecule has 0 N–H and O–H groups in total. The molecule has 1 atom stereocenters. The lowest BCUT2D eigenvalue weighted by Crippen LogP contribution is -2.25. The summed E-state index contributed by atoms with van der Waals surface area (Å²) in [6, 6.07) is 11.9. The van der Waals surface area contributed by atoms with Crippen molar-refractivity contribution in [1.29, 1.82) is 0 Å². The molecule has 6 nitrogen and oxygen atoms in total. The van der Waals surface area contributed by atoms with Crippen LogP contribution in [0, 0.1) is 20.8 Å². The molecule has 0 aliphatic carbocycles. The summed E-state index contributed by atoms with van der Waals surface area (Å²) in [5.41, 5.74) is 5.17. The quantitative estimate of drug-likeness (QED) is 0.682. The van der Waals surface area contributed by atoms with E-state index in [0.29, 0.717) is 30.4 Å². The fraction of sp³-hybridized carbons (Fsp3) is 0.318. The Morgan fingerprint density at radius 3 is 2.68 bits per heavy atom. The second-order valence-corrected chi connectivity index (χ2v) is 7.34. The number of aryl methyl sites for hydroxylation is 3. The Hall–Kier alpha value is -3.15. The zero-order valence-electron chi connectivity index (χ0n) is 16.5. The van der Waals surface area contributed by atoms with Crippen molar-refractivity contribution < 1.29 is 14.1 Å². The second kappa shape index (κ2) is 7.11. The second-order valence-electron chi connectivity index (χ2n) is 7.34. The van der Waals surface area contributed by atoms with Crippen LogP contribution in [0.5, 0.6) is 5.75 Å². The fourth-order valence-corrected chi connectivity index (χ4v) is 3.52. The van der Waals surface area contributed by atoms with Crippen LogP contribution in [-0.2, 0) is 4.79 Å². The SMILES string of the molecule is COc1ccc(C)cc1N1CC(c2nc(-c3ccc(C)c(C)c3)no2)CC1=O. The first-order valence-corrected chi connectivity index (χ1v) is 9.32. The van der Waals surface area contributed by atoms with Crippen molar-refractivity contribution in [2.24, 2.45) is 0 Å². The van der Waals surface area contributed by atoms with E-state index in [1.165, 1.54) is 11.1 Å². The average molecular weight is 377 g/mol. The van der Waals surface area contributed by atoms with E-state index in [1.54, 1.807) is 12.0 Å². The van der Waals surface area contributed by atoms with Crippen molar-refractivity contribution in [3.05, 3.63) is 59.0 Å². The Labute approximate surface area is 164 Å². The predicted molar refractivity (Wildman–Crippen MR) is 107 cm³/mol. The average Bonchev–Trinajstić information content (AvgIpc) is 3.31. The van der Waals surface area contributed by atoms with Crippen LogP contribution in [0.3, 0.4) is 0 Å². The van der Waals surface area contributed by atoms with Crippen molar-refractivity contribution >= 4 is 11.6 Å². The number of aromatic nitrogens is 2. The number of hydrogen-bond donors (Lipinski definition) is 0. The van der Waals surface area contributed by atoms with Gasteiger partial charge < -0.3 is 14.2 Å². The summed E-state index contributed by atoms with van der Waals surface area (Å²) in [7, 11) is 1.61. The summed E-state index contributed by atoms with van der Waals surface area (Å²) in [6.45, 7) is 6.61. The van der Waals surface area contributed by atoms with Gasteiger partial charge in [0, 0.05) is 18.5 Å². The summed E-state index contributed by atoms with van der Waals surface area (Å²) in [5.74, 6) is 1.62. The van der Waals surface area contributed by atoms with Crippen molar-refractivity contribution in [3.63, 3.8) is 0 Å². The summed E-state index contributed by atoms with van der Waals surface area (Å²) >= 11 is 0. The van der Waals surface area contributed by atoms with Gasteiger partial charge in [-0.15, -0.1) is 0 Å². The molecule has 0 radical (unpaired) electrons. The Bertz CT molecular complexity index is 1040. The van der Waals surface area contributed by atoms with E-state index in [0.717, 1.165) is 16.8 Å². The van der Waals surface area contributed by atoms with Crippen LogP contribution in [0.15, 0.2) is 40.9 Å². The van der Waals surface area contributed by atoms with Crippen LogP contribution in [-0.4, -0.2) is 29.7 Å². The molecule has 2 aromatic carbocycles. The lowest BCUT2D eigenvalue weighted by Gasteiger charge is -2.19. The lowest BCUT2D eigenvalue weighted by molar-refractivity contribution is -0.117. The predicted octanol–water partition coefficient (Wildman–Crippen LogP) is 4.19. The third-order valence-corrected chi connectivity index (χ3v) is 5.31. The number of methoxy groups -OCH3 is 1. The molecule has 1 fully saturated rings. The molecule has 1 saturated heterocycles. The van der Waals surface area contributed by atoms with E-state index >= 15 is 0 Å². The topological polar surface area (TPSA) is 68.5 Å². The molecule has 1 amide bonds. The van der Waals surface area contributed by atoms with Gasteiger partial charge >= 0.3 is 0 Å². The van der Waals surface area contributed by atoms with Gasteiger partial charge in [0.2, 0.25) is 17.6 Å². The number of rotatable bonds is 4. The van der Waals surface area contributed by atoms with E-state index in [2.05, 4.69) is 24.0 Å². The van der Waals surface area contributed by atoms with Gasteiger partial charge in [-0.25, -0.2) is 0 Å². The number of hydrogen-bond acceptors (Lipinski definition) is 5. The highest BCUT2D eigenvalue weighted by atomic mass is 16.5. The Morgan fingerprint density at radius 2 is 1.93 bits per heavy atom. The minimum atomic E-state index is -0.134. The molecule has 1 aliphatic rings. The monoisotopic (exact) mass is 377 g/mol. The zero-order chi connectivity index (χ0) is 19.8. The molecule has 1 unspecified atom stereocenters. The van der Waals surface area contributed by atoms with Gasteiger partial charge in [0.1, 0.15) is 5.75 Å². The summed E-state index contributed by atoms with van der Waals surface area (Å²) < 4.78 is 11.0. The fourth-order valence-electron chi connectivity index (χ4n) is 3.52. The number of benzene rings is 2. The number of ether oxygens (including phenoxy) is 1. The van der Waals surface area contributed by atoms with Crippen LogP contribution in [0.2, 0.25) is 0 Å². The van der Waals surface area contributed by atoms with Crippen molar-refractivity contribution in [3.8, 4) is 17.1 Å². The molecule has 144 valence electrons. The van der Waals surface area contributed by atoms with Gasteiger partial charge in [-0.05, 0) is 55.7 Å². The van der Waals surface area contributed by atoms with Gasteiger partial charge in [0.15, 0.2) is 0 Å². The number of carbonyl (C=O) groups is 1. The maximum absolute atomic E-state index is 12.7. The smallest absolute Gasteiger partial charge is 0.232 e. The molecular formula is C22H23N3O3. The van der Waals surface area contributed by atoms with Gasteiger partial charge in [-0.2, -0.15) is 4.98 Å². The normalized spacial score (nSPS) is 16.6. The number of amides is 1. The molecule has 0 saturated carbocycles. The summed E-state index contributed by atoms with van der Waals surface area (Å²) in [4.78, 5) is 19.0. The van der Waals surface area contributed by atoms with E-state index in [4.69, 9.17) is 9.26 Å². The van der Waals surface area contributed by atoms with Gasteiger partial charge in [0.25, 0.3) is 0 Å². The molecule has 4 rings (SSSR count). The van der Waals surface area contributed by atoms with Crippen LogP contribution < -0.4 is 9.64 Å². The lowest BCUT2D eigenvalue weighted by atomic mass is 10.1. The van der Waals surface area contributed by atoms with E-state index in [-0.39, 0.29) is 11.8 Å². The molecule has 28 heavy (non-hydrogen) atoms. The first-order chi connectivity index (χ1) is 13.5. The summed E-state index contributed by atoms with van der Waals surface area (Å²) in [6.07, 6.45) is 0.339. The molecular weight excluding hydrogens is 354 g/mol. The first-order valence-electron chi connectivity index (χ1n) is 9.32.